The van der Waals surface area contributed by atoms with Crippen molar-refractivity contribution in [2.45, 2.75) is 33.6 Å². The highest BCUT2D eigenvalue weighted by Gasteiger charge is 2.08. The number of anilines is 2. The molecule has 3 N–H and O–H groups in total. The zero-order valence-electron chi connectivity index (χ0n) is 17.2. The number of amides is 2. The fourth-order valence-electron chi connectivity index (χ4n) is 2.44. The average molecular weight is 410 g/mol. The second kappa shape index (κ2) is 10.5. The number of hydrogen-bond acceptors (Lipinski definition) is 3. The molecule has 0 aromatic heterocycles. The first kappa shape index (κ1) is 22.3. The maximum atomic E-state index is 12.1. The Labute approximate surface area is 177 Å². The van der Waals surface area contributed by atoms with Gasteiger partial charge in [-0.15, -0.1) is 0 Å². The van der Waals surface area contributed by atoms with Crippen molar-refractivity contribution in [2.24, 2.45) is 5.92 Å². The molecule has 0 spiro atoms. The minimum Gasteiger partial charge on any atom is -0.332 e. The van der Waals surface area contributed by atoms with Gasteiger partial charge in [0.2, 0.25) is 11.8 Å². The van der Waals surface area contributed by atoms with Crippen molar-refractivity contribution in [2.75, 3.05) is 10.6 Å². The Hall–Kier alpha value is -2.99. The lowest BCUT2D eigenvalue weighted by atomic mass is 10.0. The van der Waals surface area contributed by atoms with Crippen molar-refractivity contribution in [3.8, 4) is 0 Å². The smallest absolute Gasteiger partial charge is 0.250 e. The summed E-state index contributed by atoms with van der Waals surface area (Å²) in [5, 5.41) is 8.57. The highest BCUT2D eigenvalue weighted by atomic mass is 32.1. The summed E-state index contributed by atoms with van der Waals surface area (Å²) >= 11 is 5.20. The van der Waals surface area contributed by atoms with E-state index in [1.807, 2.05) is 26.0 Å². The molecule has 0 bridgehead atoms. The van der Waals surface area contributed by atoms with Crippen LogP contribution in [-0.2, 0) is 9.59 Å². The molecule has 0 atom stereocenters. The molecule has 0 aliphatic carbocycles. The maximum absolute atomic E-state index is 12.1. The van der Waals surface area contributed by atoms with Crippen LogP contribution in [0, 0.1) is 5.92 Å². The molecule has 5 nitrogen and oxygen atoms in total. The molecule has 152 valence electrons. The van der Waals surface area contributed by atoms with E-state index in [-0.39, 0.29) is 22.8 Å². The van der Waals surface area contributed by atoms with E-state index in [1.165, 1.54) is 11.6 Å². The highest BCUT2D eigenvalue weighted by Crippen LogP contribution is 2.16. The fourth-order valence-corrected chi connectivity index (χ4v) is 2.66. The van der Waals surface area contributed by atoms with Crippen LogP contribution in [0.1, 0.15) is 44.7 Å². The highest BCUT2D eigenvalue weighted by molar-refractivity contribution is 7.80. The third-order valence-electron chi connectivity index (χ3n) is 4.18. The first-order valence-electron chi connectivity index (χ1n) is 9.55. The fraction of sp³-hybridized carbons (Fsp3) is 0.261. The number of carbonyl (C=O) groups is 2. The molecule has 2 rings (SSSR count). The number of nitrogens with one attached hydrogen (secondary N) is 3. The van der Waals surface area contributed by atoms with Crippen LogP contribution in [0.2, 0.25) is 0 Å². The van der Waals surface area contributed by atoms with Crippen LogP contribution in [-0.4, -0.2) is 16.9 Å². The van der Waals surface area contributed by atoms with Gasteiger partial charge in [0.25, 0.3) is 0 Å². The Kier molecular flexibility index (Phi) is 8.09. The lowest BCUT2D eigenvalue weighted by Gasteiger charge is -2.11. The van der Waals surface area contributed by atoms with E-state index in [9.17, 15) is 9.59 Å². The molecule has 0 saturated heterocycles. The number of hydrogen-bond donors (Lipinski definition) is 3. The van der Waals surface area contributed by atoms with Gasteiger partial charge in [-0.3, -0.25) is 14.9 Å². The Morgan fingerprint density at radius 2 is 1.55 bits per heavy atom. The van der Waals surface area contributed by atoms with Crippen molar-refractivity contribution in [1.29, 1.82) is 0 Å². The van der Waals surface area contributed by atoms with Crippen molar-refractivity contribution in [1.82, 2.24) is 5.32 Å². The van der Waals surface area contributed by atoms with Gasteiger partial charge in [0.05, 0.1) is 0 Å². The van der Waals surface area contributed by atoms with Gasteiger partial charge in [-0.1, -0.05) is 58.0 Å². The molecule has 2 aromatic rings. The second-order valence-corrected chi connectivity index (χ2v) is 7.73. The quantitative estimate of drug-likeness (QED) is 0.467. The van der Waals surface area contributed by atoms with Crippen molar-refractivity contribution in [3.63, 3.8) is 0 Å². The van der Waals surface area contributed by atoms with E-state index in [0.29, 0.717) is 17.3 Å². The standard InChI is InChI=1S/C23H27N3O2S/c1-15(2)18-11-8-17(9-12-18)10-13-21(27)26-23(29)25-20-7-5-6-19(14-20)24-22(28)16(3)4/h5-16H,1-4H3,(H,24,28)(H2,25,26,27,29). The van der Waals surface area contributed by atoms with Crippen LogP contribution in [0.25, 0.3) is 6.08 Å². The van der Waals surface area contributed by atoms with Crippen molar-refractivity contribution < 1.29 is 9.59 Å². The molecular formula is C23H27N3O2S. The summed E-state index contributed by atoms with van der Waals surface area (Å²) in [5.41, 5.74) is 3.53. The van der Waals surface area contributed by atoms with Crippen LogP contribution in [0.15, 0.2) is 54.6 Å². The third-order valence-corrected chi connectivity index (χ3v) is 4.38. The molecule has 0 aliphatic heterocycles. The monoisotopic (exact) mass is 409 g/mol. The lowest BCUT2D eigenvalue weighted by Crippen LogP contribution is -2.32. The summed E-state index contributed by atoms with van der Waals surface area (Å²) in [5.74, 6) is -0.0263. The Balaban J connectivity index is 1.90. The second-order valence-electron chi connectivity index (χ2n) is 7.32. The van der Waals surface area contributed by atoms with Gasteiger partial charge in [-0.2, -0.15) is 0 Å². The average Bonchev–Trinajstić information content (AvgIpc) is 2.66. The molecule has 2 aromatic carbocycles. The Morgan fingerprint density at radius 1 is 0.931 bits per heavy atom. The van der Waals surface area contributed by atoms with Gasteiger partial charge in [-0.25, -0.2) is 0 Å². The van der Waals surface area contributed by atoms with Gasteiger partial charge in [0, 0.05) is 23.4 Å². The van der Waals surface area contributed by atoms with Crippen LogP contribution in [0.4, 0.5) is 11.4 Å². The van der Waals surface area contributed by atoms with Crippen LogP contribution in [0.3, 0.4) is 0 Å². The predicted octanol–water partition coefficient (Wildman–Crippen LogP) is 4.93. The zero-order chi connectivity index (χ0) is 21.4. The van der Waals surface area contributed by atoms with E-state index in [0.717, 1.165) is 5.56 Å². The largest absolute Gasteiger partial charge is 0.332 e. The topological polar surface area (TPSA) is 70.2 Å². The summed E-state index contributed by atoms with van der Waals surface area (Å²) in [6, 6.07) is 15.2. The maximum Gasteiger partial charge on any atom is 0.250 e. The Morgan fingerprint density at radius 3 is 2.14 bits per heavy atom. The number of benzene rings is 2. The summed E-state index contributed by atoms with van der Waals surface area (Å²) in [4.78, 5) is 23.9. The van der Waals surface area contributed by atoms with Crippen LogP contribution < -0.4 is 16.0 Å². The first-order valence-corrected chi connectivity index (χ1v) is 9.96. The summed E-state index contributed by atoms with van der Waals surface area (Å²) in [7, 11) is 0. The minimum absolute atomic E-state index is 0.0652. The summed E-state index contributed by atoms with van der Waals surface area (Å²) in [6.07, 6.45) is 3.18. The molecule has 0 radical (unpaired) electrons. The predicted molar refractivity (Wildman–Crippen MR) is 124 cm³/mol. The molecule has 0 fully saturated rings. The SMILES string of the molecule is CC(C)C(=O)Nc1cccc(NC(=S)NC(=O)C=Cc2ccc(C(C)C)cc2)c1. The molecule has 0 aliphatic rings. The molecular weight excluding hydrogens is 382 g/mol. The lowest BCUT2D eigenvalue weighted by molar-refractivity contribution is -0.119. The third kappa shape index (κ3) is 7.50. The van der Waals surface area contributed by atoms with Gasteiger partial charge in [0.15, 0.2) is 5.11 Å². The molecule has 0 heterocycles. The van der Waals surface area contributed by atoms with Crippen LogP contribution in [0.5, 0.6) is 0 Å². The number of rotatable bonds is 6. The molecule has 0 unspecified atom stereocenters. The molecule has 0 saturated carbocycles. The number of carbonyl (C=O) groups excluding carboxylic acids is 2. The van der Waals surface area contributed by atoms with Crippen molar-refractivity contribution >= 4 is 46.6 Å². The number of thiocarbonyl (C=S) groups is 1. The minimum atomic E-state index is -0.320. The molecule has 2 amide bonds. The van der Waals surface area contributed by atoms with E-state index >= 15 is 0 Å². The first-order chi connectivity index (χ1) is 13.7. The zero-order valence-corrected chi connectivity index (χ0v) is 18.0. The summed E-state index contributed by atoms with van der Waals surface area (Å²) < 4.78 is 0. The van der Waals surface area contributed by atoms with E-state index in [2.05, 4.69) is 41.9 Å². The van der Waals surface area contributed by atoms with Gasteiger partial charge >= 0.3 is 0 Å². The summed E-state index contributed by atoms with van der Waals surface area (Å²) in [6.45, 7) is 7.93. The van der Waals surface area contributed by atoms with Gasteiger partial charge in [-0.05, 0) is 53.5 Å². The van der Waals surface area contributed by atoms with E-state index in [4.69, 9.17) is 12.2 Å². The van der Waals surface area contributed by atoms with Gasteiger partial charge in [0.1, 0.15) is 0 Å². The Bertz CT molecular complexity index is 903. The van der Waals surface area contributed by atoms with E-state index in [1.54, 1.807) is 30.3 Å². The molecule has 29 heavy (non-hydrogen) atoms. The normalized spacial score (nSPS) is 11.0. The van der Waals surface area contributed by atoms with Gasteiger partial charge < -0.3 is 10.6 Å². The molecule has 6 heteroatoms. The van der Waals surface area contributed by atoms with E-state index < -0.39 is 0 Å². The van der Waals surface area contributed by atoms with Crippen molar-refractivity contribution in [3.05, 3.63) is 65.7 Å². The van der Waals surface area contributed by atoms with Crippen LogP contribution >= 0.6 is 12.2 Å².